The van der Waals surface area contributed by atoms with E-state index in [4.69, 9.17) is 0 Å². The van der Waals surface area contributed by atoms with Gasteiger partial charge in [-0.2, -0.15) is 0 Å². The van der Waals surface area contributed by atoms with E-state index in [9.17, 15) is 14.4 Å². The van der Waals surface area contributed by atoms with Crippen LogP contribution in [-0.2, 0) is 22.4 Å². The Balaban J connectivity index is 1.63. The van der Waals surface area contributed by atoms with Crippen molar-refractivity contribution in [3.8, 4) is 0 Å². The van der Waals surface area contributed by atoms with Crippen molar-refractivity contribution in [3.63, 3.8) is 0 Å². The molecule has 6 nitrogen and oxygen atoms in total. The van der Waals surface area contributed by atoms with Crippen LogP contribution in [0.5, 0.6) is 0 Å². The molecule has 0 saturated carbocycles. The molecular weight excluding hydrogens is 354 g/mol. The highest BCUT2D eigenvalue weighted by atomic mass is 16.2. The molecule has 1 aliphatic rings. The van der Waals surface area contributed by atoms with Crippen LogP contribution in [0.4, 0.5) is 10.5 Å². The molecule has 1 heterocycles. The van der Waals surface area contributed by atoms with E-state index in [1.165, 1.54) is 0 Å². The Morgan fingerprint density at radius 3 is 2.46 bits per heavy atom. The third kappa shape index (κ3) is 4.22. The van der Waals surface area contributed by atoms with Crippen LogP contribution in [0.15, 0.2) is 54.6 Å². The van der Waals surface area contributed by atoms with E-state index >= 15 is 0 Å². The standard InChI is InChI=1S/C22H25N3O3/c1-3-17-11-7-8-12-18(17)23-19(26)15-25-20(27)22(2,24-21(25)28)14-13-16-9-5-4-6-10-16/h4-12H,3,13-15H2,1-2H3,(H,23,26)(H,24,28)/t22-/m1/s1. The Bertz CT molecular complexity index is 882. The second kappa shape index (κ2) is 8.25. The molecule has 146 valence electrons. The molecule has 2 N–H and O–H groups in total. The van der Waals surface area contributed by atoms with Crippen LogP contribution in [0.2, 0.25) is 0 Å². The van der Waals surface area contributed by atoms with Crippen LogP contribution in [0.1, 0.15) is 31.4 Å². The topological polar surface area (TPSA) is 78.5 Å². The van der Waals surface area contributed by atoms with Gasteiger partial charge in [-0.1, -0.05) is 55.5 Å². The minimum absolute atomic E-state index is 0.302. The van der Waals surface area contributed by atoms with E-state index < -0.39 is 17.5 Å². The SMILES string of the molecule is CCc1ccccc1NC(=O)CN1C(=O)N[C@](C)(CCc2ccccc2)C1=O. The van der Waals surface area contributed by atoms with Gasteiger partial charge in [0, 0.05) is 5.69 Å². The summed E-state index contributed by atoms with van der Waals surface area (Å²) in [6.45, 7) is 3.41. The van der Waals surface area contributed by atoms with Crippen LogP contribution in [-0.4, -0.2) is 34.8 Å². The van der Waals surface area contributed by atoms with Gasteiger partial charge >= 0.3 is 6.03 Å². The molecular formula is C22H25N3O3. The van der Waals surface area contributed by atoms with E-state index in [1.54, 1.807) is 6.92 Å². The number of hydrogen-bond acceptors (Lipinski definition) is 3. The fourth-order valence-electron chi connectivity index (χ4n) is 3.38. The summed E-state index contributed by atoms with van der Waals surface area (Å²) in [5.41, 5.74) is 1.79. The highest BCUT2D eigenvalue weighted by molar-refractivity contribution is 6.10. The second-order valence-electron chi connectivity index (χ2n) is 7.20. The molecule has 2 aromatic carbocycles. The molecule has 0 aliphatic carbocycles. The number of nitrogens with one attached hydrogen (secondary N) is 2. The Hall–Kier alpha value is -3.15. The van der Waals surface area contributed by atoms with Gasteiger partial charge in [0.05, 0.1) is 0 Å². The average Bonchev–Trinajstić information content (AvgIpc) is 2.91. The number of carbonyl (C=O) groups is 3. The zero-order valence-corrected chi connectivity index (χ0v) is 16.2. The third-order valence-corrected chi connectivity index (χ3v) is 5.08. The summed E-state index contributed by atoms with van der Waals surface area (Å²) in [5.74, 6) is -0.760. The van der Waals surface area contributed by atoms with Crippen LogP contribution in [0.3, 0.4) is 0 Å². The molecule has 1 aliphatic heterocycles. The monoisotopic (exact) mass is 379 g/mol. The molecule has 1 atom stereocenters. The summed E-state index contributed by atoms with van der Waals surface area (Å²) in [6, 6.07) is 16.8. The van der Waals surface area contributed by atoms with Gasteiger partial charge in [0.25, 0.3) is 5.91 Å². The fraction of sp³-hybridized carbons (Fsp3) is 0.318. The predicted molar refractivity (Wildman–Crippen MR) is 108 cm³/mol. The molecule has 0 bridgehead atoms. The maximum atomic E-state index is 12.8. The zero-order chi connectivity index (χ0) is 20.1. The molecule has 28 heavy (non-hydrogen) atoms. The Kier molecular flexibility index (Phi) is 5.78. The summed E-state index contributed by atoms with van der Waals surface area (Å²) in [7, 11) is 0. The smallest absolute Gasteiger partial charge is 0.324 e. The molecule has 4 amide bonds. The Labute approximate surface area is 164 Å². The largest absolute Gasteiger partial charge is 0.325 e. The molecule has 0 unspecified atom stereocenters. The summed E-state index contributed by atoms with van der Waals surface area (Å²) in [6.07, 6.45) is 1.91. The number of para-hydroxylation sites is 1. The van der Waals surface area contributed by atoms with Crippen molar-refractivity contribution in [2.75, 3.05) is 11.9 Å². The molecule has 0 radical (unpaired) electrons. The molecule has 6 heteroatoms. The summed E-state index contributed by atoms with van der Waals surface area (Å²) < 4.78 is 0. The molecule has 1 fully saturated rings. The van der Waals surface area contributed by atoms with Crippen LogP contribution in [0.25, 0.3) is 0 Å². The van der Waals surface area contributed by atoms with Crippen LogP contribution < -0.4 is 10.6 Å². The first-order chi connectivity index (χ1) is 13.4. The number of nitrogens with zero attached hydrogens (tertiary/aromatic N) is 1. The first kappa shape index (κ1) is 19.6. The number of hydrogen-bond donors (Lipinski definition) is 2. The Morgan fingerprint density at radius 2 is 1.75 bits per heavy atom. The first-order valence-corrected chi connectivity index (χ1v) is 9.49. The van der Waals surface area contributed by atoms with Crippen molar-refractivity contribution in [1.29, 1.82) is 0 Å². The van der Waals surface area contributed by atoms with Crippen molar-refractivity contribution >= 4 is 23.5 Å². The third-order valence-electron chi connectivity index (χ3n) is 5.08. The maximum Gasteiger partial charge on any atom is 0.325 e. The van der Waals surface area contributed by atoms with E-state index in [0.717, 1.165) is 22.4 Å². The van der Waals surface area contributed by atoms with Crippen molar-refractivity contribution < 1.29 is 14.4 Å². The lowest BCUT2D eigenvalue weighted by molar-refractivity contribution is -0.133. The van der Waals surface area contributed by atoms with Crippen molar-refractivity contribution in [1.82, 2.24) is 10.2 Å². The van der Waals surface area contributed by atoms with Gasteiger partial charge < -0.3 is 10.6 Å². The van der Waals surface area contributed by atoms with E-state index in [0.29, 0.717) is 18.5 Å². The lowest BCUT2D eigenvalue weighted by Crippen LogP contribution is -2.45. The highest BCUT2D eigenvalue weighted by Gasteiger charge is 2.47. The van der Waals surface area contributed by atoms with E-state index in [2.05, 4.69) is 10.6 Å². The average molecular weight is 379 g/mol. The summed E-state index contributed by atoms with van der Waals surface area (Å²) in [4.78, 5) is 38.6. The van der Waals surface area contributed by atoms with Crippen LogP contribution in [0, 0.1) is 0 Å². The number of aryl methyl sites for hydroxylation is 2. The molecule has 1 saturated heterocycles. The predicted octanol–water partition coefficient (Wildman–Crippen LogP) is 3.13. The van der Waals surface area contributed by atoms with Gasteiger partial charge in [-0.25, -0.2) is 4.79 Å². The lowest BCUT2D eigenvalue weighted by Gasteiger charge is -2.21. The minimum Gasteiger partial charge on any atom is -0.324 e. The maximum absolute atomic E-state index is 12.8. The molecule has 3 rings (SSSR count). The van der Waals surface area contributed by atoms with Gasteiger partial charge in [-0.05, 0) is 43.4 Å². The van der Waals surface area contributed by atoms with Crippen molar-refractivity contribution in [3.05, 3.63) is 65.7 Å². The fourth-order valence-corrected chi connectivity index (χ4v) is 3.38. The lowest BCUT2D eigenvalue weighted by atomic mass is 9.93. The number of carbonyl (C=O) groups excluding carboxylic acids is 3. The number of anilines is 1. The molecule has 0 aromatic heterocycles. The number of imide groups is 1. The van der Waals surface area contributed by atoms with Crippen molar-refractivity contribution in [2.24, 2.45) is 0 Å². The van der Waals surface area contributed by atoms with E-state index in [-0.39, 0.29) is 12.5 Å². The van der Waals surface area contributed by atoms with Gasteiger partial charge in [-0.3, -0.25) is 14.5 Å². The van der Waals surface area contributed by atoms with Crippen molar-refractivity contribution in [2.45, 2.75) is 38.6 Å². The zero-order valence-electron chi connectivity index (χ0n) is 16.2. The van der Waals surface area contributed by atoms with E-state index in [1.807, 2.05) is 61.5 Å². The number of urea groups is 1. The minimum atomic E-state index is -1.01. The number of benzene rings is 2. The Morgan fingerprint density at radius 1 is 1.07 bits per heavy atom. The molecule has 2 aromatic rings. The van der Waals surface area contributed by atoms with Crippen LogP contribution >= 0.6 is 0 Å². The molecule has 0 spiro atoms. The van der Waals surface area contributed by atoms with Gasteiger partial charge in [0.2, 0.25) is 5.91 Å². The normalized spacial score (nSPS) is 18.9. The quantitative estimate of drug-likeness (QED) is 0.726. The first-order valence-electron chi connectivity index (χ1n) is 9.49. The summed E-state index contributed by atoms with van der Waals surface area (Å²) >= 11 is 0. The van der Waals surface area contributed by atoms with Gasteiger partial charge in [0.15, 0.2) is 0 Å². The number of rotatable bonds is 7. The van der Waals surface area contributed by atoms with Gasteiger partial charge in [-0.15, -0.1) is 0 Å². The number of amides is 4. The van der Waals surface area contributed by atoms with Gasteiger partial charge in [0.1, 0.15) is 12.1 Å². The highest BCUT2D eigenvalue weighted by Crippen LogP contribution is 2.23. The summed E-state index contributed by atoms with van der Waals surface area (Å²) in [5, 5.41) is 5.55. The second-order valence-corrected chi connectivity index (χ2v) is 7.20.